The molecule has 1 atom stereocenters. The Balaban J connectivity index is 1.71. The van der Waals surface area contributed by atoms with Crippen LogP contribution in [0.4, 0.5) is 4.39 Å². The molecule has 3 aromatic rings. The van der Waals surface area contributed by atoms with E-state index in [1.54, 1.807) is 23.9 Å². The summed E-state index contributed by atoms with van der Waals surface area (Å²) in [6, 6.07) is 9.44. The van der Waals surface area contributed by atoms with Crippen molar-refractivity contribution < 1.29 is 9.18 Å². The number of carbonyl (C=O) groups is 1. The van der Waals surface area contributed by atoms with Crippen molar-refractivity contribution in [3.05, 3.63) is 86.4 Å². The fourth-order valence-corrected chi connectivity index (χ4v) is 3.34. The number of rotatable bonds is 5. The Kier molecular flexibility index (Phi) is 6.05. The largest absolute Gasteiger partial charge is 0.345 e. The summed E-state index contributed by atoms with van der Waals surface area (Å²) in [6.45, 7) is 2.15. The van der Waals surface area contributed by atoms with E-state index in [2.05, 4.69) is 10.4 Å². The van der Waals surface area contributed by atoms with Crippen molar-refractivity contribution in [1.82, 2.24) is 15.1 Å². The Morgan fingerprint density at radius 1 is 1.19 bits per heavy atom. The average Bonchev–Trinajstić information content (AvgIpc) is 3.09. The summed E-state index contributed by atoms with van der Waals surface area (Å²) in [6.07, 6.45) is 3.08. The zero-order valence-corrected chi connectivity index (χ0v) is 16.5. The summed E-state index contributed by atoms with van der Waals surface area (Å²) < 4.78 is 15.3. The summed E-state index contributed by atoms with van der Waals surface area (Å²) >= 11 is 18.0. The van der Waals surface area contributed by atoms with Gasteiger partial charge in [-0.05, 0) is 36.2 Å². The maximum absolute atomic E-state index is 13.7. The molecule has 0 saturated carbocycles. The third kappa shape index (κ3) is 4.61. The highest BCUT2D eigenvalue weighted by molar-refractivity contribution is 6.35. The van der Waals surface area contributed by atoms with Crippen molar-refractivity contribution in [3.63, 3.8) is 0 Å². The first-order valence-corrected chi connectivity index (χ1v) is 9.19. The highest BCUT2D eigenvalue weighted by Gasteiger charge is 2.17. The van der Waals surface area contributed by atoms with E-state index in [0.29, 0.717) is 22.7 Å². The molecule has 0 saturated heterocycles. The van der Waals surface area contributed by atoms with Crippen LogP contribution in [-0.2, 0) is 6.54 Å². The van der Waals surface area contributed by atoms with E-state index >= 15 is 0 Å². The molecule has 4 nitrogen and oxygen atoms in total. The lowest BCUT2D eigenvalue weighted by molar-refractivity contribution is 0.0939. The van der Waals surface area contributed by atoms with E-state index in [0.717, 1.165) is 5.56 Å². The Morgan fingerprint density at radius 3 is 2.67 bits per heavy atom. The van der Waals surface area contributed by atoms with Crippen molar-refractivity contribution in [2.45, 2.75) is 19.5 Å². The molecule has 0 aliphatic rings. The maximum atomic E-state index is 13.7. The predicted molar refractivity (Wildman–Crippen MR) is 105 cm³/mol. The lowest BCUT2D eigenvalue weighted by Crippen LogP contribution is -2.26. The molecule has 0 unspecified atom stereocenters. The minimum Gasteiger partial charge on any atom is -0.345 e. The van der Waals surface area contributed by atoms with E-state index in [9.17, 15) is 9.18 Å². The highest BCUT2D eigenvalue weighted by Crippen LogP contribution is 2.28. The second kappa shape index (κ2) is 8.30. The monoisotopic (exact) mass is 425 g/mol. The summed E-state index contributed by atoms with van der Waals surface area (Å²) in [5.41, 5.74) is 1.71. The Morgan fingerprint density at radius 2 is 1.93 bits per heavy atom. The number of aromatic nitrogens is 2. The van der Waals surface area contributed by atoms with Crippen molar-refractivity contribution in [3.8, 4) is 0 Å². The van der Waals surface area contributed by atoms with E-state index in [-0.39, 0.29) is 16.0 Å². The lowest BCUT2D eigenvalue weighted by atomic mass is 10.1. The van der Waals surface area contributed by atoms with Gasteiger partial charge in [-0.15, -0.1) is 0 Å². The summed E-state index contributed by atoms with van der Waals surface area (Å²) in [7, 11) is 0. The van der Waals surface area contributed by atoms with E-state index in [1.807, 2.05) is 18.2 Å². The summed E-state index contributed by atoms with van der Waals surface area (Å²) in [5, 5.41) is 7.81. The Labute approximate surface area is 170 Å². The molecule has 1 heterocycles. The van der Waals surface area contributed by atoms with Crippen LogP contribution in [0, 0.1) is 5.82 Å². The first kappa shape index (κ1) is 19.7. The minimum absolute atomic E-state index is 0.0666. The standard InChI is InChI=1S/C19H15Cl3FN3O/c1-11(14-6-18(23)17(22)7-16(14)21)25-19(27)13-8-24-26(10-13)9-12-4-2-3-5-15(12)20/h2-8,10-11H,9H2,1H3,(H,25,27)/t11-/m0/s1. The van der Waals surface area contributed by atoms with Crippen LogP contribution in [0.25, 0.3) is 0 Å². The maximum Gasteiger partial charge on any atom is 0.254 e. The van der Waals surface area contributed by atoms with Crippen LogP contribution >= 0.6 is 34.8 Å². The molecular formula is C19H15Cl3FN3O. The fourth-order valence-electron chi connectivity index (χ4n) is 2.60. The van der Waals surface area contributed by atoms with Gasteiger partial charge in [0.15, 0.2) is 0 Å². The normalized spacial score (nSPS) is 12.0. The second-order valence-electron chi connectivity index (χ2n) is 6.00. The average molecular weight is 427 g/mol. The van der Waals surface area contributed by atoms with Gasteiger partial charge in [0.2, 0.25) is 0 Å². The second-order valence-corrected chi connectivity index (χ2v) is 7.22. The number of benzene rings is 2. The number of hydrogen-bond acceptors (Lipinski definition) is 2. The van der Waals surface area contributed by atoms with Crippen LogP contribution in [-0.4, -0.2) is 15.7 Å². The molecule has 1 aromatic heterocycles. The molecule has 2 aromatic carbocycles. The van der Waals surface area contributed by atoms with Crippen LogP contribution in [0.5, 0.6) is 0 Å². The molecule has 0 radical (unpaired) electrons. The van der Waals surface area contributed by atoms with E-state index in [4.69, 9.17) is 34.8 Å². The smallest absolute Gasteiger partial charge is 0.254 e. The van der Waals surface area contributed by atoms with Gasteiger partial charge in [0.25, 0.3) is 5.91 Å². The number of nitrogens with one attached hydrogen (secondary N) is 1. The number of nitrogens with zero attached hydrogens (tertiary/aromatic N) is 2. The van der Waals surface area contributed by atoms with Crippen molar-refractivity contribution in [2.24, 2.45) is 0 Å². The van der Waals surface area contributed by atoms with Crippen LogP contribution in [0.15, 0.2) is 48.8 Å². The van der Waals surface area contributed by atoms with Crippen molar-refractivity contribution in [2.75, 3.05) is 0 Å². The Hall–Kier alpha value is -2.08. The van der Waals surface area contributed by atoms with E-state index in [1.165, 1.54) is 18.3 Å². The quantitative estimate of drug-likeness (QED) is 0.546. The van der Waals surface area contributed by atoms with Gasteiger partial charge in [-0.2, -0.15) is 5.10 Å². The van der Waals surface area contributed by atoms with Crippen LogP contribution < -0.4 is 5.32 Å². The minimum atomic E-state index is -0.593. The molecule has 3 rings (SSSR count). The predicted octanol–water partition coefficient (Wildman–Crippen LogP) is 5.52. The van der Waals surface area contributed by atoms with Crippen LogP contribution in [0.3, 0.4) is 0 Å². The van der Waals surface area contributed by atoms with Crippen LogP contribution in [0.1, 0.15) is 34.5 Å². The molecular weight excluding hydrogens is 412 g/mol. The molecule has 8 heteroatoms. The first-order chi connectivity index (χ1) is 12.8. The molecule has 0 aliphatic heterocycles. The Bertz CT molecular complexity index is 990. The van der Waals surface area contributed by atoms with Gasteiger partial charge in [-0.1, -0.05) is 53.0 Å². The number of carbonyl (C=O) groups excluding carboxylic acids is 1. The van der Waals surface area contributed by atoms with Gasteiger partial charge < -0.3 is 5.32 Å². The topological polar surface area (TPSA) is 46.9 Å². The first-order valence-electron chi connectivity index (χ1n) is 8.06. The third-order valence-corrected chi connectivity index (χ3v) is 5.03. The zero-order valence-electron chi connectivity index (χ0n) is 14.2. The molecule has 0 aliphatic carbocycles. The molecule has 0 spiro atoms. The zero-order chi connectivity index (χ0) is 19.6. The number of amides is 1. The van der Waals surface area contributed by atoms with Crippen LogP contribution in [0.2, 0.25) is 15.1 Å². The van der Waals surface area contributed by atoms with Gasteiger partial charge in [-0.25, -0.2) is 4.39 Å². The van der Waals surface area contributed by atoms with Gasteiger partial charge >= 0.3 is 0 Å². The van der Waals surface area contributed by atoms with Gasteiger partial charge in [0.05, 0.1) is 29.4 Å². The third-order valence-electron chi connectivity index (χ3n) is 4.04. The molecule has 0 bridgehead atoms. The molecule has 140 valence electrons. The van der Waals surface area contributed by atoms with Gasteiger partial charge in [-0.3, -0.25) is 9.48 Å². The number of hydrogen-bond donors (Lipinski definition) is 1. The molecule has 1 amide bonds. The summed E-state index contributed by atoms with van der Waals surface area (Å²) in [5.74, 6) is -0.941. The van der Waals surface area contributed by atoms with Gasteiger partial charge in [0, 0.05) is 16.2 Å². The number of halogens is 4. The van der Waals surface area contributed by atoms with Crippen molar-refractivity contribution >= 4 is 40.7 Å². The summed E-state index contributed by atoms with van der Waals surface area (Å²) in [4.78, 5) is 12.5. The lowest BCUT2D eigenvalue weighted by Gasteiger charge is -2.15. The fraction of sp³-hybridized carbons (Fsp3) is 0.158. The molecule has 27 heavy (non-hydrogen) atoms. The van der Waals surface area contributed by atoms with Crippen molar-refractivity contribution in [1.29, 1.82) is 0 Å². The SMILES string of the molecule is C[C@H](NC(=O)c1cnn(Cc2ccccc2Cl)c1)c1cc(F)c(Cl)cc1Cl. The highest BCUT2D eigenvalue weighted by atomic mass is 35.5. The molecule has 0 fully saturated rings. The van der Waals surface area contributed by atoms with E-state index < -0.39 is 11.9 Å². The molecule has 1 N–H and O–H groups in total. The van der Waals surface area contributed by atoms with Gasteiger partial charge in [0.1, 0.15) is 5.82 Å².